The molecular weight excluding hydrogens is 252 g/mol. The molecule has 2 aromatic rings. The van der Waals surface area contributed by atoms with Gasteiger partial charge in [0.05, 0.1) is 0 Å². The highest BCUT2D eigenvalue weighted by Crippen LogP contribution is 2.09. The molecule has 106 valence electrons. The molecule has 0 fully saturated rings. The third-order valence-electron chi connectivity index (χ3n) is 2.42. The number of aryl methyl sites for hydroxylation is 1. The van der Waals surface area contributed by atoms with Gasteiger partial charge < -0.3 is 4.74 Å². The first-order valence-corrected chi connectivity index (χ1v) is 6.63. The molecular formula is C16H20N2O2. The maximum atomic E-state index is 11.5. The van der Waals surface area contributed by atoms with Crippen LogP contribution in [-0.4, -0.2) is 11.1 Å². The minimum atomic E-state index is -0.462. The lowest BCUT2D eigenvalue weighted by atomic mass is 10.2. The van der Waals surface area contributed by atoms with Crippen LogP contribution in [0.15, 0.2) is 48.8 Å². The number of nitrogens with zero attached hydrogens (tertiary/aromatic N) is 1. The normalized spacial score (nSPS) is 9.15. The van der Waals surface area contributed by atoms with E-state index in [-0.39, 0.29) is 6.61 Å². The zero-order valence-corrected chi connectivity index (χ0v) is 12.1. The Morgan fingerprint density at radius 3 is 2.30 bits per heavy atom. The number of nitrogens with one attached hydrogen (secondary N) is 1. The fourth-order valence-electron chi connectivity index (χ4n) is 1.42. The highest BCUT2D eigenvalue weighted by molar-refractivity contribution is 5.84. The van der Waals surface area contributed by atoms with Crippen LogP contribution < -0.4 is 5.32 Å². The molecule has 20 heavy (non-hydrogen) atoms. The second-order valence-corrected chi connectivity index (χ2v) is 3.92. The molecule has 1 heterocycles. The molecule has 0 bridgehead atoms. The van der Waals surface area contributed by atoms with Gasteiger partial charge in [0, 0.05) is 18.1 Å². The molecule has 0 saturated heterocycles. The van der Waals surface area contributed by atoms with E-state index in [4.69, 9.17) is 4.74 Å². The van der Waals surface area contributed by atoms with Gasteiger partial charge in [0.25, 0.3) is 0 Å². The van der Waals surface area contributed by atoms with Crippen molar-refractivity contribution in [3.63, 3.8) is 0 Å². The molecule has 4 heteroatoms. The standard InChI is InChI=1S/C14H14N2O2.C2H6/c1-11-2-4-13(5-3-11)16-14(17)18-10-12-6-8-15-9-7-12;1-2/h2-9H,10H2,1H3,(H,16,17);1-2H3. The van der Waals surface area contributed by atoms with E-state index in [1.807, 2.05) is 45.0 Å². The number of rotatable bonds is 3. The van der Waals surface area contributed by atoms with E-state index in [0.717, 1.165) is 16.8 Å². The lowest BCUT2D eigenvalue weighted by Gasteiger charge is -2.07. The van der Waals surface area contributed by atoms with Crippen molar-refractivity contribution in [2.75, 3.05) is 5.32 Å². The van der Waals surface area contributed by atoms with Gasteiger partial charge in [0.1, 0.15) is 6.61 Å². The molecule has 1 aromatic heterocycles. The predicted molar refractivity (Wildman–Crippen MR) is 80.6 cm³/mol. The summed E-state index contributed by atoms with van der Waals surface area (Å²) in [5, 5.41) is 2.66. The van der Waals surface area contributed by atoms with E-state index in [1.165, 1.54) is 0 Å². The summed E-state index contributed by atoms with van der Waals surface area (Å²) in [7, 11) is 0. The van der Waals surface area contributed by atoms with E-state index < -0.39 is 6.09 Å². The molecule has 4 nitrogen and oxygen atoms in total. The first-order chi connectivity index (χ1) is 9.74. The summed E-state index contributed by atoms with van der Waals surface area (Å²) in [6.45, 7) is 6.23. The van der Waals surface area contributed by atoms with Gasteiger partial charge in [-0.25, -0.2) is 4.79 Å². The Balaban J connectivity index is 0.000000956. The second-order valence-electron chi connectivity index (χ2n) is 3.92. The van der Waals surface area contributed by atoms with Crippen LogP contribution in [0.4, 0.5) is 10.5 Å². The number of aromatic nitrogens is 1. The van der Waals surface area contributed by atoms with Gasteiger partial charge >= 0.3 is 6.09 Å². The number of carbonyl (C=O) groups is 1. The van der Waals surface area contributed by atoms with Crippen LogP contribution in [0.2, 0.25) is 0 Å². The van der Waals surface area contributed by atoms with Crippen LogP contribution >= 0.6 is 0 Å². The number of amides is 1. The number of hydrogen-bond donors (Lipinski definition) is 1. The van der Waals surface area contributed by atoms with E-state index >= 15 is 0 Å². The Hall–Kier alpha value is -2.36. The summed E-state index contributed by atoms with van der Waals surface area (Å²) in [5.41, 5.74) is 2.77. The molecule has 1 N–H and O–H groups in total. The Morgan fingerprint density at radius 2 is 1.70 bits per heavy atom. The van der Waals surface area contributed by atoms with E-state index in [0.29, 0.717) is 0 Å². The van der Waals surface area contributed by atoms with Crippen LogP contribution in [-0.2, 0) is 11.3 Å². The molecule has 1 amide bonds. The molecule has 2 rings (SSSR count). The highest BCUT2D eigenvalue weighted by atomic mass is 16.5. The molecule has 0 spiro atoms. The minimum absolute atomic E-state index is 0.236. The number of ether oxygens (including phenoxy) is 1. The molecule has 0 atom stereocenters. The van der Waals surface area contributed by atoms with Crippen molar-refractivity contribution in [1.82, 2.24) is 4.98 Å². The van der Waals surface area contributed by atoms with E-state index in [9.17, 15) is 4.79 Å². The fraction of sp³-hybridized carbons (Fsp3) is 0.250. The third kappa shape index (κ3) is 5.52. The van der Waals surface area contributed by atoms with Crippen LogP contribution in [0.3, 0.4) is 0 Å². The summed E-state index contributed by atoms with van der Waals surface area (Å²) >= 11 is 0. The van der Waals surface area contributed by atoms with Crippen molar-refractivity contribution >= 4 is 11.8 Å². The number of hydrogen-bond acceptors (Lipinski definition) is 3. The fourth-order valence-corrected chi connectivity index (χ4v) is 1.42. The Labute approximate surface area is 119 Å². The third-order valence-corrected chi connectivity index (χ3v) is 2.42. The monoisotopic (exact) mass is 272 g/mol. The first-order valence-electron chi connectivity index (χ1n) is 6.63. The average molecular weight is 272 g/mol. The Morgan fingerprint density at radius 1 is 1.10 bits per heavy atom. The summed E-state index contributed by atoms with van der Waals surface area (Å²) in [6.07, 6.45) is 2.86. The maximum Gasteiger partial charge on any atom is 0.411 e. The van der Waals surface area contributed by atoms with Crippen molar-refractivity contribution in [1.29, 1.82) is 0 Å². The van der Waals surface area contributed by atoms with Gasteiger partial charge in [-0.05, 0) is 36.8 Å². The number of benzene rings is 1. The SMILES string of the molecule is CC.Cc1ccc(NC(=O)OCc2ccncc2)cc1. The second kappa shape index (κ2) is 8.69. The molecule has 0 aliphatic carbocycles. The Kier molecular flexibility index (Phi) is 6.82. The van der Waals surface area contributed by atoms with Gasteiger partial charge in [0.2, 0.25) is 0 Å². The quantitative estimate of drug-likeness (QED) is 0.912. The molecule has 0 saturated carbocycles. The molecule has 0 radical (unpaired) electrons. The Bertz CT molecular complexity index is 510. The maximum absolute atomic E-state index is 11.5. The number of anilines is 1. The van der Waals surface area contributed by atoms with Crippen LogP contribution in [0.1, 0.15) is 25.0 Å². The van der Waals surface area contributed by atoms with Crippen molar-refractivity contribution < 1.29 is 9.53 Å². The zero-order chi connectivity index (χ0) is 14.8. The summed E-state index contributed by atoms with van der Waals surface area (Å²) in [4.78, 5) is 15.4. The largest absolute Gasteiger partial charge is 0.444 e. The van der Waals surface area contributed by atoms with Crippen LogP contribution in [0, 0.1) is 6.92 Å². The van der Waals surface area contributed by atoms with E-state index in [1.54, 1.807) is 24.5 Å². The summed E-state index contributed by atoms with van der Waals surface area (Å²) in [5.74, 6) is 0. The van der Waals surface area contributed by atoms with Crippen molar-refractivity contribution in [3.8, 4) is 0 Å². The van der Waals surface area contributed by atoms with Gasteiger partial charge in [-0.1, -0.05) is 31.5 Å². The van der Waals surface area contributed by atoms with Crippen LogP contribution in [0.5, 0.6) is 0 Å². The molecule has 0 aliphatic heterocycles. The number of pyridine rings is 1. The lowest BCUT2D eigenvalue weighted by Crippen LogP contribution is -2.13. The predicted octanol–water partition coefficient (Wildman–Crippen LogP) is 4.16. The van der Waals surface area contributed by atoms with Gasteiger partial charge in [0.15, 0.2) is 0 Å². The average Bonchev–Trinajstić information content (AvgIpc) is 2.51. The molecule has 0 unspecified atom stereocenters. The first kappa shape index (κ1) is 15.7. The topological polar surface area (TPSA) is 51.2 Å². The van der Waals surface area contributed by atoms with E-state index in [2.05, 4.69) is 10.3 Å². The lowest BCUT2D eigenvalue weighted by molar-refractivity contribution is 0.155. The van der Waals surface area contributed by atoms with Gasteiger partial charge in [-0.15, -0.1) is 0 Å². The smallest absolute Gasteiger partial charge is 0.411 e. The molecule has 0 aliphatic rings. The van der Waals surface area contributed by atoms with Crippen molar-refractivity contribution in [3.05, 3.63) is 59.9 Å². The highest BCUT2D eigenvalue weighted by Gasteiger charge is 2.03. The van der Waals surface area contributed by atoms with Gasteiger partial charge in [-0.2, -0.15) is 0 Å². The number of carbonyl (C=O) groups excluding carboxylic acids is 1. The van der Waals surface area contributed by atoms with Crippen LogP contribution in [0.25, 0.3) is 0 Å². The summed E-state index contributed by atoms with van der Waals surface area (Å²) < 4.78 is 5.08. The van der Waals surface area contributed by atoms with Crippen molar-refractivity contribution in [2.45, 2.75) is 27.4 Å². The van der Waals surface area contributed by atoms with Gasteiger partial charge in [-0.3, -0.25) is 10.3 Å². The zero-order valence-electron chi connectivity index (χ0n) is 12.1. The minimum Gasteiger partial charge on any atom is -0.444 e. The molecule has 1 aromatic carbocycles. The van der Waals surface area contributed by atoms with Crippen molar-refractivity contribution in [2.24, 2.45) is 0 Å². The summed E-state index contributed by atoms with van der Waals surface area (Å²) in [6, 6.07) is 11.1.